The molecule has 2 aliphatic heterocycles. The topological polar surface area (TPSA) is 51.1 Å². The van der Waals surface area contributed by atoms with Crippen LogP contribution in [0.3, 0.4) is 0 Å². The van der Waals surface area contributed by atoms with Gasteiger partial charge in [0.05, 0.1) is 17.3 Å². The molecular weight excluding hydrogens is 584 g/mol. The SMILES string of the molecule is O=C(Oc1ccc([C@H]2Oc3ccccc3[C@H]3CC(c4ccc(Br)cc4)=NN32)cc1)c1ccc(Br)cc1. The summed E-state index contributed by atoms with van der Waals surface area (Å²) in [5, 5.41) is 7.05. The lowest BCUT2D eigenvalue weighted by Gasteiger charge is -2.38. The molecule has 2 aliphatic rings. The van der Waals surface area contributed by atoms with Crippen molar-refractivity contribution in [2.45, 2.75) is 18.7 Å². The first-order chi connectivity index (χ1) is 17.5. The first-order valence-corrected chi connectivity index (χ1v) is 13.1. The fourth-order valence-electron chi connectivity index (χ4n) is 4.52. The van der Waals surface area contributed by atoms with E-state index in [4.69, 9.17) is 14.6 Å². The standard InChI is InChI=1S/C29H20Br2N2O3/c30-21-11-5-18(6-12-21)25-17-26-24-3-1-2-4-27(24)36-28(33(26)32-25)19-9-15-23(16-10-19)35-29(34)20-7-13-22(31)14-8-20/h1-16,26,28H,17H2/t26-,28-/m1/s1. The molecule has 0 amide bonds. The largest absolute Gasteiger partial charge is 0.464 e. The van der Waals surface area contributed by atoms with Gasteiger partial charge in [0.15, 0.2) is 0 Å². The zero-order chi connectivity index (χ0) is 24.6. The summed E-state index contributed by atoms with van der Waals surface area (Å²) in [5.41, 5.74) is 4.67. The average Bonchev–Trinajstić information content (AvgIpc) is 3.35. The number of nitrogens with zero attached hydrogens (tertiary/aromatic N) is 2. The molecule has 0 saturated heterocycles. The number of halogens is 2. The van der Waals surface area contributed by atoms with Gasteiger partial charge in [-0.2, -0.15) is 5.10 Å². The lowest BCUT2D eigenvalue weighted by atomic mass is 9.96. The first-order valence-electron chi connectivity index (χ1n) is 11.5. The summed E-state index contributed by atoms with van der Waals surface area (Å²) in [6.45, 7) is 0. The monoisotopic (exact) mass is 602 g/mol. The molecular formula is C29H20Br2N2O3. The summed E-state index contributed by atoms with van der Waals surface area (Å²) in [4.78, 5) is 12.5. The second kappa shape index (κ2) is 9.56. The Labute approximate surface area is 225 Å². The van der Waals surface area contributed by atoms with E-state index in [2.05, 4.69) is 50.1 Å². The highest BCUT2D eigenvalue weighted by atomic mass is 79.9. The van der Waals surface area contributed by atoms with Crippen molar-refractivity contribution in [3.63, 3.8) is 0 Å². The van der Waals surface area contributed by atoms with Crippen molar-refractivity contribution < 1.29 is 14.3 Å². The minimum Gasteiger partial charge on any atom is -0.464 e. The summed E-state index contributed by atoms with van der Waals surface area (Å²) < 4.78 is 13.9. The van der Waals surface area contributed by atoms with Gasteiger partial charge in [-0.05, 0) is 72.3 Å². The zero-order valence-electron chi connectivity index (χ0n) is 19.0. The number of rotatable bonds is 4. The van der Waals surface area contributed by atoms with Crippen molar-refractivity contribution >= 4 is 43.5 Å². The number of carbonyl (C=O) groups excluding carboxylic acids is 1. The maximum atomic E-state index is 12.5. The Bertz CT molecular complexity index is 1450. The highest BCUT2D eigenvalue weighted by Crippen LogP contribution is 2.47. The molecule has 2 atom stereocenters. The molecule has 36 heavy (non-hydrogen) atoms. The van der Waals surface area contributed by atoms with E-state index in [-0.39, 0.29) is 6.04 Å². The predicted octanol–water partition coefficient (Wildman–Crippen LogP) is 7.67. The Morgan fingerprint density at radius 2 is 1.53 bits per heavy atom. The number of carbonyl (C=O) groups is 1. The van der Waals surface area contributed by atoms with Crippen LogP contribution in [0.25, 0.3) is 0 Å². The fraction of sp³-hybridized carbons (Fsp3) is 0.103. The molecule has 7 heteroatoms. The molecule has 2 heterocycles. The summed E-state index contributed by atoms with van der Waals surface area (Å²) in [5.74, 6) is 0.933. The van der Waals surface area contributed by atoms with Crippen molar-refractivity contribution in [2.24, 2.45) is 5.10 Å². The maximum absolute atomic E-state index is 12.5. The van der Waals surface area contributed by atoms with Gasteiger partial charge in [0.1, 0.15) is 11.5 Å². The highest BCUT2D eigenvalue weighted by molar-refractivity contribution is 9.10. The van der Waals surface area contributed by atoms with E-state index in [0.717, 1.165) is 43.5 Å². The normalized spacial score (nSPS) is 18.1. The van der Waals surface area contributed by atoms with Gasteiger partial charge in [0.2, 0.25) is 6.23 Å². The predicted molar refractivity (Wildman–Crippen MR) is 145 cm³/mol. The van der Waals surface area contributed by atoms with E-state index < -0.39 is 12.2 Å². The lowest BCUT2D eigenvalue weighted by molar-refractivity contribution is -0.0190. The van der Waals surface area contributed by atoms with Gasteiger partial charge in [-0.1, -0.05) is 62.2 Å². The van der Waals surface area contributed by atoms with E-state index in [1.165, 1.54) is 0 Å². The van der Waals surface area contributed by atoms with Gasteiger partial charge in [0, 0.05) is 26.5 Å². The molecule has 0 aliphatic carbocycles. The smallest absolute Gasteiger partial charge is 0.343 e. The summed E-state index contributed by atoms with van der Waals surface area (Å²) in [7, 11) is 0. The van der Waals surface area contributed by atoms with E-state index >= 15 is 0 Å². The number of hydrazone groups is 1. The van der Waals surface area contributed by atoms with Crippen LogP contribution >= 0.6 is 31.9 Å². The third-order valence-corrected chi connectivity index (χ3v) is 7.39. The van der Waals surface area contributed by atoms with E-state index in [1.807, 2.05) is 59.6 Å². The molecule has 0 aromatic heterocycles. The number of esters is 1. The number of benzene rings is 4. The molecule has 0 N–H and O–H groups in total. The molecule has 0 fully saturated rings. The van der Waals surface area contributed by atoms with Crippen molar-refractivity contribution in [2.75, 3.05) is 0 Å². The van der Waals surface area contributed by atoms with Crippen LogP contribution in [0.1, 0.15) is 45.7 Å². The highest BCUT2D eigenvalue weighted by Gasteiger charge is 2.40. The molecule has 0 bridgehead atoms. The second-order valence-electron chi connectivity index (χ2n) is 8.63. The van der Waals surface area contributed by atoms with Crippen molar-refractivity contribution in [3.05, 3.63) is 128 Å². The molecule has 0 radical (unpaired) electrons. The first kappa shape index (κ1) is 23.0. The van der Waals surface area contributed by atoms with Crippen LogP contribution in [0, 0.1) is 0 Å². The van der Waals surface area contributed by atoms with Crippen LogP contribution in [0.15, 0.2) is 111 Å². The molecule has 4 aromatic carbocycles. The zero-order valence-corrected chi connectivity index (χ0v) is 22.1. The maximum Gasteiger partial charge on any atom is 0.343 e. The van der Waals surface area contributed by atoms with Crippen LogP contribution in [-0.2, 0) is 0 Å². The molecule has 178 valence electrons. The van der Waals surface area contributed by atoms with Crippen LogP contribution in [0.5, 0.6) is 11.5 Å². The number of hydrogen-bond acceptors (Lipinski definition) is 5. The minimum atomic E-state index is -0.401. The Balaban J connectivity index is 1.28. The molecule has 5 nitrogen and oxygen atoms in total. The van der Waals surface area contributed by atoms with Gasteiger partial charge >= 0.3 is 5.97 Å². The number of para-hydroxylation sites is 1. The van der Waals surface area contributed by atoms with Gasteiger partial charge in [-0.25, -0.2) is 9.80 Å². The van der Waals surface area contributed by atoms with Crippen molar-refractivity contribution in [1.82, 2.24) is 5.01 Å². The molecule has 6 rings (SSSR count). The number of fused-ring (bicyclic) bond motifs is 3. The average molecular weight is 604 g/mol. The Morgan fingerprint density at radius 3 is 2.25 bits per heavy atom. The van der Waals surface area contributed by atoms with E-state index in [9.17, 15) is 4.79 Å². The quantitative estimate of drug-likeness (QED) is 0.177. The van der Waals surface area contributed by atoms with Gasteiger partial charge in [-0.3, -0.25) is 0 Å². The minimum absolute atomic E-state index is 0.0773. The van der Waals surface area contributed by atoms with Crippen molar-refractivity contribution in [3.8, 4) is 11.5 Å². The fourth-order valence-corrected chi connectivity index (χ4v) is 5.05. The van der Waals surface area contributed by atoms with Gasteiger partial charge in [0.25, 0.3) is 0 Å². The van der Waals surface area contributed by atoms with Gasteiger partial charge in [-0.15, -0.1) is 0 Å². The van der Waals surface area contributed by atoms with Gasteiger partial charge < -0.3 is 9.47 Å². The summed E-state index contributed by atoms with van der Waals surface area (Å²) in [6, 6.07) is 30.9. The Kier molecular flexibility index (Phi) is 6.11. The van der Waals surface area contributed by atoms with Crippen molar-refractivity contribution in [1.29, 1.82) is 0 Å². The van der Waals surface area contributed by atoms with Crippen LogP contribution in [0.2, 0.25) is 0 Å². The molecule has 0 unspecified atom stereocenters. The molecule has 4 aromatic rings. The van der Waals surface area contributed by atoms with Crippen LogP contribution in [0.4, 0.5) is 0 Å². The van der Waals surface area contributed by atoms with Crippen LogP contribution < -0.4 is 9.47 Å². The Hall–Kier alpha value is -3.42. The molecule has 0 saturated carbocycles. The summed E-state index contributed by atoms with van der Waals surface area (Å²) in [6.07, 6.45) is 0.399. The number of ether oxygens (including phenoxy) is 2. The van der Waals surface area contributed by atoms with E-state index in [0.29, 0.717) is 11.3 Å². The second-order valence-corrected chi connectivity index (χ2v) is 10.5. The number of hydrogen-bond donors (Lipinski definition) is 0. The lowest BCUT2D eigenvalue weighted by Crippen LogP contribution is -2.33. The third-order valence-electron chi connectivity index (χ3n) is 6.33. The summed E-state index contributed by atoms with van der Waals surface area (Å²) >= 11 is 6.89. The van der Waals surface area contributed by atoms with Crippen LogP contribution in [-0.4, -0.2) is 16.7 Å². The van der Waals surface area contributed by atoms with E-state index in [1.54, 1.807) is 24.3 Å². The third kappa shape index (κ3) is 4.45. The Morgan fingerprint density at radius 1 is 0.861 bits per heavy atom. The molecule has 0 spiro atoms.